The molecule has 0 radical (unpaired) electrons. The van der Waals surface area contributed by atoms with E-state index in [0.29, 0.717) is 11.6 Å². The lowest BCUT2D eigenvalue weighted by Crippen LogP contribution is -2.30. The second kappa shape index (κ2) is 6.01. The van der Waals surface area contributed by atoms with Gasteiger partial charge >= 0.3 is 5.97 Å². The van der Waals surface area contributed by atoms with Crippen LogP contribution >= 0.6 is 0 Å². The van der Waals surface area contributed by atoms with Crippen molar-refractivity contribution in [1.82, 2.24) is 5.32 Å². The van der Waals surface area contributed by atoms with Crippen LogP contribution in [0, 0.1) is 5.92 Å². The number of carboxylic acids is 1. The molecule has 2 N–H and O–H groups in total. The third kappa shape index (κ3) is 3.33. The fourth-order valence-electron chi connectivity index (χ4n) is 2.77. The topological polar surface area (TPSA) is 49.3 Å². The molecule has 0 saturated heterocycles. The maximum absolute atomic E-state index is 10.8. The molecule has 0 amide bonds. The van der Waals surface area contributed by atoms with Gasteiger partial charge in [-0.2, -0.15) is 0 Å². The largest absolute Gasteiger partial charge is 0.478 e. The maximum atomic E-state index is 10.8. The molecule has 1 saturated carbocycles. The van der Waals surface area contributed by atoms with Crippen LogP contribution in [-0.2, 0) is 6.42 Å². The van der Waals surface area contributed by atoms with Gasteiger partial charge in [0, 0.05) is 6.04 Å². The monoisotopic (exact) mass is 247 g/mol. The summed E-state index contributed by atoms with van der Waals surface area (Å²) in [6, 6.07) is 8.00. The Morgan fingerprint density at radius 3 is 2.33 bits per heavy atom. The van der Waals surface area contributed by atoms with E-state index in [1.165, 1.54) is 31.2 Å². The van der Waals surface area contributed by atoms with Crippen molar-refractivity contribution in [1.29, 1.82) is 0 Å². The summed E-state index contributed by atoms with van der Waals surface area (Å²) in [4.78, 5) is 10.8. The second-order valence-electron chi connectivity index (χ2n) is 5.21. The maximum Gasteiger partial charge on any atom is 0.335 e. The fraction of sp³-hybridized carbons (Fsp3) is 0.533. The molecular weight excluding hydrogens is 226 g/mol. The number of hydrogen-bond acceptors (Lipinski definition) is 2. The summed E-state index contributed by atoms with van der Waals surface area (Å²) in [6.07, 6.45) is 6.14. The van der Waals surface area contributed by atoms with Crippen LogP contribution < -0.4 is 5.32 Å². The zero-order valence-electron chi connectivity index (χ0n) is 10.9. The minimum Gasteiger partial charge on any atom is -0.478 e. The van der Waals surface area contributed by atoms with Gasteiger partial charge in [0.05, 0.1) is 5.56 Å². The summed E-state index contributed by atoms with van der Waals surface area (Å²) in [7, 11) is 2.04. The molecule has 0 unspecified atom stereocenters. The van der Waals surface area contributed by atoms with Gasteiger partial charge in [0.15, 0.2) is 0 Å². The van der Waals surface area contributed by atoms with E-state index in [1.54, 1.807) is 12.1 Å². The standard InChI is InChI=1S/C15H21NO2/c1-16-14-8-4-12(5-9-14)10-11-2-6-13(7-3-11)15(17)18/h2-3,6-7,12,14,16H,4-5,8-10H2,1H3,(H,17,18). The first kappa shape index (κ1) is 13.1. The zero-order valence-corrected chi connectivity index (χ0v) is 10.9. The molecule has 2 rings (SSSR count). The highest BCUT2D eigenvalue weighted by Crippen LogP contribution is 2.27. The third-order valence-corrected chi connectivity index (χ3v) is 3.98. The van der Waals surface area contributed by atoms with Gasteiger partial charge in [-0.3, -0.25) is 0 Å². The molecule has 0 aromatic heterocycles. The van der Waals surface area contributed by atoms with Crippen molar-refractivity contribution in [3.8, 4) is 0 Å². The van der Waals surface area contributed by atoms with Gasteiger partial charge in [-0.05, 0) is 62.8 Å². The Bertz CT molecular complexity index is 391. The smallest absolute Gasteiger partial charge is 0.335 e. The summed E-state index contributed by atoms with van der Waals surface area (Å²) < 4.78 is 0. The highest BCUT2D eigenvalue weighted by atomic mass is 16.4. The lowest BCUT2D eigenvalue weighted by Gasteiger charge is -2.28. The van der Waals surface area contributed by atoms with Crippen LogP contribution in [0.1, 0.15) is 41.6 Å². The Balaban J connectivity index is 1.88. The summed E-state index contributed by atoms with van der Waals surface area (Å²) in [6.45, 7) is 0. The Hall–Kier alpha value is -1.35. The first-order valence-corrected chi connectivity index (χ1v) is 6.68. The molecule has 1 aromatic rings. The van der Waals surface area contributed by atoms with E-state index in [2.05, 4.69) is 5.32 Å². The van der Waals surface area contributed by atoms with Crippen LogP contribution in [0.2, 0.25) is 0 Å². The Morgan fingerprint density at radius 1 is 1.22 bits per heavy atom. The van der Waals surface area contributed by atoms with Gasteiger partial charge in [0.2, 0.25) is 0 Å². The molecule has 0 aliphatic heterocycles. The summed E-state index contributed by atoms with van der Waals surface area (Å²) in [5, 5.41) is 12.2. The van der Waals surface area contributed by atoms with Crippen LogP contribution in [0.5, 0.6) is 0 Å². The number of nitrogens with one attached hydrogen (secondary N) is 1. The molecule has 3 nitrogen and oxygen atoms in total. The van der Waals surface area contributed by atoms with Crippen LogP contribution in [0.15, 0.2) is 24.3 Å². The van der Waals surface area contributed by atoms with Crippen molar-refractivity contribution >= 4 is 5.97 Å². The normalized spacial score (nSPS) is 23.8. The van der Waals surface area contributed by atoms with Gasteiger partial charge in [0.1, 0.15) is 0 Å². The highest BCUT2D eigenvalue weighted by Gasteiger charge is 2.20. The van der Waals surface area contributed by atoms with E-state index in [1.807, 2.05) is 19.2 Å². The summed E-state index contributed by atoms with van der Waals surface area (Å²) in [5.74, 6) is -0.0960. The first-order chi connectivity index (χ1) is 8.69. The van der Waals surface area contributed by atoms with Gasteiger partial charge in [-0.15, -0.1) is 0 Å². The number of hydrogen-bond donors (Lipinski definition) is 2. The number of benzene rings is 1. The van der Waals surface area contributed by atoms with E-state index in [9.17, 15) is 4.79 Å². The second-order valence-corrected chi connectivity index (χ2v) is 5.21. The zero-order chi connectivity index (χ0) is 13.0. The molecule has 1 aromatic carbocycles. The molecule has 1 aliphatic rings. The molecular formula is C15H21NO2. The SMILES string of the molecule is CNC1CCC(Cc2ccc(C(=O)O)cc2)CC1. The van der Waals surface area contributed by atoms with Crippen molar-refractivity contribution in [3.63, 3.8) is 0 Å². The number of carbonyl (C=O) groups is 1. The molecule has 98 valence electrons. The van der Waals surface area contributed by atoms with E-state index in [4.69, 9.17) is 5.11 Å². The van der Waals surface area contributed by atoms with Crippen molar-refractivity contribution in [2.75, 3.05) is 7.05 Å². The summed E-state index contributed by atoms with van der Waals surface area (Å²) >= 11 is 0. The highest BCUT2D eigenvalue weighted by molar-refractivity contribution is 5.87. The van der Waals surface area contributed by atoms with Crippen LogP contribution in [0.3, 0.4) is 0 Å². The van der Waals surface area contributed by atoms with Crippen LogP contribution in [0.4, 0.5) is 0 Å². The van der Waals surface area contributed by atoms with E-state index >= 15 is 0 Å². The lowest BCUT2D eigenvalue weighted by molar-refractivity contribution is 0.0697. The average Bonchev–Trinajstić information content (AvgIpc) is 2.40. The van der Waals surface area contributed by atoms with Crippen molar-refractivity contribution in [2.45, 2.75) is 38.1 Å². The Labute approximate surface area is 108 Å². The van der Waals surface area contributed by atoms with Gasteiger partial charge in [0.25, 0.3) is 0 Å². The molecule has 0 atom stereocenters. The molecule has 0 spiro atoms. The van der Waals surface area contributed by atoms with E-state index < -0.39 is 5.97 Å². The molecule has 0 heterocycles. The fourth-order valence-corrected chi connectivity index (χ4v) is 2.77. The number of aromatic carboxylic acids is 1. The molecule has 18 heavy (non-hydrogen) atoms. The minimum atomic E-state index is -0.851. The molecule has 0 bridgehead atoms. The Kier molecular flexibility index (Phi) is 4.37. The predicted octanol–water partition coefficient (Wildman–Crippen LogP) is 2.71. The third-order valence-electron chi connectivity index (χ3n) is 3.98. The number of rotatable bonds is 4. The van der Waals surface area contributed by atoms with Gasteiger partial charge < -0.3 is 10.4 Å². The molecule has 1 aliphatic carbocycles. The van der Waals surface area contributed by atoms with Crippen molar-refractivity contribution in [2.24, 2.45) is 5.92 Å². The van der Waals surface area contributed by atoms with Crippen molar-refractivity contribution < 1.29 is 9.90 Å². The summed E-state index contributed by atoms with van der Waals surface area (Å²) in [5.41, 5.74) is 1.63. The van der Waals surface area contributed by atoms with Crippen molar-refractivity contribution in [3.05, 3.63) is 35.4 Å². The quantitative estimate of drug-likeness (QED) is 0.860. The first-order valence-electron chi connectivity index (χ1n) is 6.68. The Morgan fingerprint density at radius 2 is 1.83 bits per heavy atom. The van der Waals surface area contributed by atoms with E-state index in [0.717, 1.165) is 12.3 Å². The average molecular weight is 247 g/mol. The van der Waals surface area contributed by atoms with E-state index in [-0.39, 0.29) is 0 Å². The minimum absolute atomic E-state index is 0.373. The van der Waals surface area contributed by atoms with Crippen LogP contribution in [-0.4, -0.2) is 24.2 Å². The molecule has 3 heteroatoms. The number of carboxylic acid groups (broad SMARTS) is 1. The van der Waals surface area contributed by atoms with Gasteiger partial charge in [-0.1, -0.05) is 12.1 Å². The van der Waals surface area contributed by atoms with Gasteiger partial charge in [-0.25, -0.2) is 4.79 Å². The lowest BCUT2D eigenvalue weighted by atomic mass is 9.82. The predicted molar refractivity (Wildman–Crippen MR) is 71.9 cm³/mol. The molecule has 1 fully saturated rings. The van der Waals surface area contributed by atoms with Crippen LogP contribution in [0.25, 0.3) is 0 Å².